The van der Waals surface area contributed by atoms with Gasteiger partial charge in [-0.3, -0.25) is 19.7 Å². The number of nitrogens with zero attached hydrogens (tertiary/aromatic N) is 1. The van der Waals surface area contributed by atoms with Crippen molar-refractivity contribution in [2.45, 2.75) is 24.8 Å². The van der Waals surface area contributed by atoms with Gasteiger partial charge in [-0.25, -0.2) is 4.79 Å². The Morgan fingerprint density at radius 1 is 1.25 bits per heavy atom. The topological polar surface area (TPSA) is 105 Å². The van der Waals surface area contributed by atoms with Crippen molar-refractivity contribution in [3.05, 3.63) is 29.8 Å². The van der Waals surface area contributed by atoms with E-state index in [4.69, 9.17) is 0 Å². The van der Waals surface area contributed by atoms with Gasteiger partial charge in [-0.2, -0.15) is 0 Å². The Kier molecular flexibility index (Phi) is 3.96. The number of benzene rings is 1. The first-order valence-electron chi connectivity index (χ1n) is 7.58. The Hall–Kier alpha value is -2.90. The van der Waals surface area contributed by atoms with Crippen molar-refractivity contribution >= 4 is 29.5 Å². The van der Waals surface area contributed by atoms with E-state index in [1.807, 2.05) is 0 Å². The summed E-state index contributed by atoms with van der Waals surface area (Å²) in [5.41, 5.74) is -0.00530. The van der Waals surface area contributed by atoms with Gasteiger partial charge in [-0.15, -0.1) is 0 Å². The number of methoxy groups -OCH3 is 1. The fourth-order valence-corrected chi connectivity index (χ4v) is 3.17. The Bertz CT molecular complexity index is 732. The minimum Gasteiger partial charge on any atom is -0.469 e. The SMILES string of the molecule is COC(=O)CCC(=O)N1CCC2(NC(=O)NC2=O)c2ccccc21. The lowest BCUT2D eigenvalue weighted by Crippen LogP contribution is -2.52. The highest BCUT2D eigenvalue weighted by molar-refractivity contribution is 6.09. The minimum absolute atomic E-state index is 0.00361. The summed E-state index contributed by atoms with van der Waals surface area (Å²) in [4.78, 5) is 49.1. The van der Waals surface area contributed by atoms with Gasteiger partial charge in [-0.05, 0) is 6.07 Å². The molecule has 0 aliphatic carbocycles. The molecule has 3 rings (SSSR count). The molecule has 0 aromatic heterocycles. The predicted octanol–water partition coefficient (Wildman–Crippen LogP) is 0.411. The van der Waals surface area contributed by atoms with Crippen LogP contribution < -0.4 is 15.5 Å². The zero-order chi connectivity index (χ0) is 17.3. The van der Waals surface area contributed by atoms with Crippen LogP contribution in [0.4, 0.5) is 10.5 Å². The molecule has 2 heterocycles. The Labute approximate surface area is 138 Å². The molecule has 8 nitrogen and oxygen atoms in total. The van der Waals surface area contributed by atoms with Gasteiger partial charge in [0.1, 0.15) is 5.54 Å². The number of esters is 1. The van der Waals surface area contributed by atoms with Crippen molar-refractivity contribution in [2.24, 2.45) is 0 Å². The lowest BCUT2D eigenvalue weighted by molar-refractivity contribution is -0.141. The van der Waals surface area contributed by atoms with Gasteiger partial charge in [0, 0.05) is 30.6 Å². The molecule has 0 bridgehead atoms. The van der Waals surface area contributed by atoms with E-state index in [2.05, 4.69) is 15.4 Å². The van der Waals surface area contributed by atoms with Gasteiger partial charge < -0.3 is 15.0 Å². The van der Waals surface area contributed by atoms with Crippen LogP contribution in [-0.2, 0) is 24.7 Å². The first-order valence-corrected chi connectivity index (χ1v) is 7.58. The summed E-state index contributed by atoms with van der Waals surface area (Å²) in [5.74, 6) is -1.10. The van der Waals surface area contributed by atoms with E-state index < -0.39 is 23.4 Å². The van der Waals surface area contributed by atoms with Gasteiger partial charge in [-0.1, -0.05) is 18.2 Å². The molecule has 2 aliphatic rings. The van der Waals surface area contributed by atoms with Crippen LogP contribution in [0.25, 0.3) is 0 Å². The summed E-state index contributed by atoms with van der Waals surface area (Å²) in [6, 6.07) is 6.42. The number of hydrogen-bond donors (Lipinski definition) is 2. The highest BCUT2D eigenvalue weighted by Gasteiger charge is 2.51. The van der Waals surface area contributed by atoms with Gasteiger partial charge >= 0.3 is 12.0 Å². The van der Waals surface area contributed by atoms with Gasteiger partial charge in [0.05, 0.1) is 13.5 Å². The molecular weight excluding hydrogens is 314 g/mol. The van der Waals surface area contributed by atoms with E-state index in [0.29, 0.717) is 11.3 Å². The number of carbonyl (C=O) groups is 4. The number of nitrogens with one attached hydrogen (secondary N) is 2. The second-order valence-electron chi connectivity index (χ2n) is 5.70. The molecule has 1 spiro atoms. The second-order valence-corrected chi connectivity index (χ2v) is 5.70. The lowest BCUT2D eigenvalue weighted by atomic mass is 9.82. The fraction of sp³-hybridized carbons (Fsp3) is 0.375. The average molecular weight is 331 g/mol. The van der Waals surface area contributed by atoms with Crippen LogP contribution in [0.1, 0.15) is 24.8 Å². The monoisotopic (exact) mass is 331 g/mol. The molecule has 1 saturated heterocycles. The predicted molar refractivity (Wildman–Crippen MR) is 83.0 cm³/mol. The van der Waals surface area contributed by atoms with Gasteiger partial charge in [0.15, 0.2) is 0 Å². The van der Waals surface area contributed by atoms with Crippen molar-refractivity contribution < 1.29 is 23.9 Å². The third-order valence-corrected chi connectivity index (χ3v) is 4.38. The number of carbonyl (C=O) groups excluding carboxylic acids is 4. The number of imide groups is 1. The van der Waals surface area contributed by atoms with Crippen LogP contribution in [0.5, 0.6) is 0 Å². The smallest absolute Gasteiger partial charge is 0.322 e. The van der Waals surface area contributed by atoms with E-state index in [0.717, 1.165) is 0 Å². The molecule has 1 fully saturated rings. The third-order valence-electron chi connectivity index (χ3n) is 4.38. The van der Waals surface area contributed by atoms with E-state index in [1.165, 1.54) is 7.11 Å². The number of fused-ring (bicyclic) bond motifs is 2. The van der Waals surface area contributed by atoms with Crippen LogP contribution >= 0.6 is 0 Å². The molecule has 1 aromatic carbocycles. The van der Waals surface area contributed by atoms with Crippen LogP contribution in [-0.4, -0.2) is 37.5 Å². The summed E-state index contributed by atoms with van der Waals surface area (Å²) in [6.45, 7) is 0.269. The van der Waals surface area contributed by atoms with Crippen LogP contribution in [0, 0.1) is 0 Å². The molecule has 0 radical (unpaired) electrons. The first-order chi connectivity index (χ1) is 11.5. The third kappa shape index (κ3) is 2.49. The van der Waals surface area contributed by atoms with Crippen LogP contribution in [0.3, 0.4) is 0 Å². The molecule has 8 heteroatoms. The maximum absolute atomic E-state index is 12.5. The molecule has 2 N–H and O–H groups in total. The Morgan fingerprint density at radius 3 is 2.67 bits per heavy atom. The number of amides is 4. The summed E-state index contributed by atoms with van der Waals surface area (Å²) in [6.07, 6.45) is 0.286. The average Bonchev–Trinajstić information content (AvgIpc) is 2.87. The lowest BCUT2D eigenvalue weighted by Gasteiger charge is -2.39. The summed E-state index contributed by atoms with van der Waals surface area (Å²) in [5, 5.41) is 4.94. The quantitative estimate of drug-likeness (QED) is 0.617. The molecule has 4 amide bonds. The molecule has 2 aliphatic heterocycles. The van der Waals surface area contributed by atoms with E-state index >= 15 is 0 Å². The normalized spacial score (nSPS) is 22.0. The molecule has 126 valence electrons. The van der Waals surface area contributed by atoms with Crippen molar-refractivity contribution in [2.75, 3.05) is 18.6 Å². The van der Waals surface area contributed by atoms with Crippen molar-refractivity contribution in [1.82, 2.24) is 10.6 Å². The maximum Gasteiger partial charge on any atom is 0.322 e. The summed E-state index contributed by atoms with van der Waals surface area (Å²) in [7, 11) is 1.27. The zero-order valence-electron chi connectivity index (χ0n) is 13.1. The first kappa shape index (κ1) is 16.0. The Balaban J connectivity index is 1.90. The number of rotatable bonds is 3. The van der Waals surface area contributed by atoms with Crippen molar-refractivity contribution in [3.8, 4) is 0 Å². The fourth-order valence-electron chi connectivity index (χ4n) is 3.17. The number of anilines is 1. The maximum atomic E-state index is 12.5. The highest BCUT2D eigenvalue weighted by atomic mass is 16.5. The molecule has 1 unspecified atom stereocenters. The molecule has 1 aromatic rings. The van der Waals surface area contributed by atoms with E-state index in [-0.39, 0.29) is 31.7 Å². The number of urea groups is 1. The summed E-state index contributed by atoms with van der Waals surface area (Å²) < 4.78 is 4.55. The molecule has 24 heavy (non-hydrogen) atoms. The van der Waals surface area contributed by atoms with Crippen molar-refractivity contribution in [1.29, 1.82) is 0 Å². The van der Waals surface area contributed by atoms with Gasteiger partial charge in [0.2, 0.25) is 5.91 Å². The molecular formula is C16H17N3O5. The van der Waals surface area contributed by atoms with E-state index in [9.17, 15) is 19.2 Å². The Morgan fingerprint density at radius 2 is 2.00 bits per heavy atom. The van der Waals surface area contributed by atoms with Crippen LogP contribution in [0.2, 0.25) is 0 Å². The van der Waals surface area contributed by atoms with E-state index in [1.54, 1.807) is 29.2 Å². The second kappa shape index (κ2) is 5.95. The number of para-hydroxylation sites is 1. The molecule has 1 atom stereocenters. The zero-order valence-corrected chi connectivity index (χ0v) is 13.1. The van der Waals surface area contributed by atoms with Gasteiger partial charge in [0.25, 0.3) is 5.91 Å². The number of hydrogen-bond acceptors (Lipinski definition) is 5. The minimum atomic E-state index is -1.15. The van der Waals surface area contributed by atoms with Crippen LogP contribution in [0.15, 0.2) is 24.3 Å². The standard InChI is InChI=1S/C16H17N3O5/c1-24-13(21)7-6-12(20)19-9-8-16(14(22)17-15(23)18-16)10-4-2-3-5-11(10)19/h2-5H,6-9H2,1H3,(H2,17,18,22,23). The number of ether oxygens (including phenoxy) is 1. The largest absolute Gasteiger partial charge is 0.469 e. The summed E-state index contributed by atoms with van der Waals surface area (Å²) >= 11 is 0. The van der Waals surface area contributed by atoms with Crippen molar-refractivity contribution in [3.63, 3.8) is 0 Å². The molecule has 0 saturated carbocycles. The highest BCUT2D eigenvalue weighted by Crippen LogP contribution is 2.40.